The van der Waals surface area contributed by atoms with Gasteiger partial charge < -0.3 is 29.6 Å². The predicted octanol–water partition coefficient (Wildman–Crippen LogP) is 1.41. The lowest BCUT2D eigenvalue weighted by Crippen LogP contribution is -2.31. The summed E-state index contributed by atoms with van der Waals surface area (Å²) in [5.74, 6) is 0. The van der Waals surface area contributed by atoms with Crippen LogP contribution in [0.25, 0.3) is 0 Å². The quantitative estimate of drug-likeness (QED) is 0.395. The molecule has 0 aliphatic heterocycles. The molecule has 22 heavy (non-hydrogen) atoms. The van der Waals surface area contributed by atoms with Gasteiger partial charge in [0.2, 0.25) is 0 Å². The van der Waals surface area contributed by atoms with E-state index in [1.165, 1.54) is 0 Å². The maximum Gasteiger partial charge on any atom is 0.508 e. The Morgan fingerprint density at radius 1 is 0.773 bits per heavy atom. The van der Waals surface area contributed by atoms with E-state index in [0.717, 1.165) is 0 Å². The van der Waals surface area contributed by atoms with Crippen LogP contribution in [0, 0.1) is 0 Å². The number of rotatable bonds is 8. The average Bonchev–Trinajstić information content (AvgIpc) is 2.38. The van der Waals surface area contributed by atoms with Crippen LogP contribution in [0.1, 0.15) is 27.7 Å². The van der Waals surface area contributed by atoms with Gasteiger partial charge in [0.15, 0.2) is 0 Å². The van der Waals surface area contributed by atoms with Gasteiger partial charge in [-0.05, 0) is 27.7 Å². The summed E-state index contributed by atoms with van der Waals surface area (Å²) in [6, 6.07) is 0. The number of alkyl carbamates (subject to hydrolysis) is 2. The highest BCUT2D eigenvalue weighted by Gasteiger charge is 2.07. The Kier molecular flexibility index (Phi) is 10.3. The number of carbonyl (C=O) groups is 3. The molecule has 0 aromatic rings. The molecule has 0 bridgehead atoms. The van der Waals surface area contributed by atoms with E-state index in [1.807, 2.05) is 0 Å². The molecule has 0 unspecified atom stereocenters. The fourth-order valence-corrected chi connectivity index (χ4v) is 1.13. The highest BCUT2D eigenvalue weighted by molar-refractivity contribution is 5.67. The van der Waals surface area contributed by atoms with Gasteiger partial charge in [-0.2, -0.15) is 0 Å². The SMILES string of the molecule is CC(C)OC(=O)NCCOC(=O)OCCNC(=O)OC(C)C. The van der Waals surface area contributed by atoms with Crippen LogP contribution in [0.15, 0.2) is 0 Å². The van der Waals surface area contributed by atoms with Crippen molar-refractivity contribution in [1.82, 2.24) is 10.6 Å². The highest BCUT2D eigenvalue weighted by atomic mass is 16.7. The standard InChI is InChI=1S/C13H24N2O7/c1-9(2)21-11(16)14-5-7-19-13(18)20-8-6-15-12(17)22-10(3)4/h9-10H,5-8H2,1-4H3,(H,14,16)(H,15,17). The van der Waals surface area contributed by atoms with Gasteiger partial charge in [-0.3, -0.25) is 0 Å². The van der Waals surface area contributed by atoms with Crippen LogP contribution in [0.3, 0.4) is 0 Å². The molecule has 0 heterocycles. The summed E-state index contributed by atoms with van der Waals surface area (Å²) in [6.45, 7) is 7.01. The first-order chi connectivity index (χ1) is 10.3. The third kappa shape index (κ3) is 12.8. The van der Waals surface area contributed by atoms with Crippen molar-refractivity contribution in [3.05, 3.63) is 0 Å². The van der Waals surface area contributed by atoms with E-state index in [-0.39, 0.29) is 38.5 Å². The zero-order chi connectivity index (χ0) is 17.0. The number of ether oxygens (including phenoxy) is 4. The first-order valence-corrected chi connectivity index (χ1v) is 6.99. The molecular formula is C13H24N2O7. The molecule has 0 aliphatic carbocycles. The minimum atomic E-state index is -0.891. The fourth-order valence-electron chi connectivity index (χ4n) is 1.13. The van der Waals surface area contributed by atoms with Crippen LogP contribution in [0.5, 0.6) is 0 Å². The highest BCUT2D eigenvalue weighted by Crippen LogP contribution is 1.90. The lowest BCUT2D eigenvalue weighted by atomic mass is 10.5. The molecule has 0 fully saturated rings. The summed E-state index contributed by atoms with van der Waals surface area (Å²) in [5.41, 5.74) is 0. The molecule has 0 radical (unpaired) electrons. The topological polar surface area (TPSA) is 112 Å². The molecule has 0 saturated heterocycles. The number of amides is 2. The Labute approximate surface area is 129 Å². The molecule has 0 saturated carbocycles. The molecule has 9 nitrogen and oxygen atoms in total. The Hall–Kier alpha value is -2.19. The second-order valence-corrected chi connectivity index (χ2v) is 4.71. The van der Waals surface area contributed by atoms with Gasteiger partial charge in [0.25, 0.3) is 0 Å². The molecule has 128 valence electrons. The van der Waals surface area contributed by atoms with E-state index in [2.05, 4.69) is 10.6 Å². The van der Waals surface area contributed by atoms with Crippen molar-refractivity contribution < 1.29 is 33.3 Å². The van der Waals surface area contributed by atoms with Crippen molar-refractivity contribution >= 4 is 18.3 Å². The molecule has 0 atom stereocenters. The Balaban J connectivity index is 3.51. The third-order valence-electron chi connectivity index (χ3n) is 1.87. The van der Waals surface area contributed by atoms with Crippen molar-refractivity contribution in [3.8, 4) is 0 Å². The van der Waals surface area contributed by atoms with Gasteiger partial charge in [-0.25, -0.2) is 14.4 Å². The lowest BCUT2D eigenvalue weighted by molar-refractivity contribution is 0.0539. The largest absolute Gasteiger partial charge is 0.508 e. The van der Waals surface area contributed by atoms with Crippen LogP contribution < -0.4 is 10.6 Å². The fraction of sp³-hybridized carbons (Fsp3) is 0.769. The third-order valence-corrected chi connectivity index (χ3v) is 1.87. The Bertz CT molecular complexity index is 326. The molecule has 0 spiro atoms. The summed E-state index contributed by atoms with van der Waals surface area (Å²) < 4.78 is 19.0. The molecule has 0 aromatic heterocycles. The zero-order valence-electron chi connectivity index (χ0n) is 13.3. The van der Waals surface area contributed by atoms with E-state index in [1.54, 1.807) is 27.7 Å². The molecule has 0 aromatic carbocycles. The molecule has 9 heteroatoms. The van der Waals surface area contributed by atoms with Crippen molar-refractivity contribution in [3.63, 3.8) is 0 Å². The van der Waals surface area contributed by atoms with Crippen molar-refractivity contribution in [2.75, 3.05) is 26.3 Å². The van der Waals surface area contributed by atoms with E-state index in [0.29, 0.717) is 0 Å². The van der Waals surface area contributed by atoms with Crippen LogP contribution in [-0.2, 0) is 18.9 Å². The number of hydrogen-bond acceptors (Lipinski definition) is 7. The smallest absolute Gasteiger partial charge is 0.447 e. The summed E-state index contributed by atoms with van der Waals surface area (Å²) in [5, 5.41) is 4.80. The number of hydrogen-bond donors (Lipinski definition) is 2. The Morgan fingerprint density at radius 3 is 1.45 bits per heavy atom. The summed E-state index contributed by atoms with van der Waals surface area (Å²) in [4.78, 5) is 33.3. The second-order valence-electron chi connectivity index (χ2n) is 4.71. The van der Waals surface area contributed by atoms with E-state index in [4.69, 9.17) is 18.9 Å². The zero-order valence-corrected chi connectivity index (χ0v) is 13.3. The van der Waals surface area contributed by atoms with Crippen LogP contribution in [0.2, 0.25) is 0 Å². The van der Waals surface area contributed by atoms with Gasteiger partial charge in [-0.15, -0.1) is 0 Å². The van der Waals surface area contributed by atoms with Gasteiger partial charge in [0.05, 0.1) is 25.3 Å². The van der Waals surface area contributed by atoms with Crippen molar-refractivity contribution in [2.24, 2.45) is 0 Å². The van der Waals surface area contributed by atoms with Crippen LogP contribution in [-0.4, -0.2) is 56.9 Å². The van der Waals surface area contributed by atoms with Crippen LogP contribution >= 0.6 is 0 Å². The summed E-state index contributed by atoms with van der Waals surface area (Å²) in [7, 11) is 0. The minimum Gasteiger partial charge on any atom is -0.447 e. The van der Waals surface area contributed by atoms with E-state index >= 15 is 0 Å². The summed E-state index contributed by atoms with van der Waals surface area (Å²) in [6.07, 6.45) is -2.50. The monoisotopic (exact) mass is 320 g/mol. The van der Waals surface area contributed by atoms with Gasteiger partial charge in [0, 0.05) is 0 Å². The normalized spacial score (nSPS) is 10.1. The molecule has 0 aliphatic rings. The first-order valence-electron chi connectivity index (χ1n) is 6.99. The second kappa shape index (κ2) is 11.5. The Morgan fingerprint density at radius 2 is 1.14 bits per heavy atom. The van der Waals surface area contributed by atoms with Crippen LogP contribution in [0.4, 0.5) is 14.4 Å². The van der Waals surface area contributed by atoms with Gasteiger partial charge in [0.1, 0.15) is 13.2 Å². The molecule has 2 amide bonds. The maximum atomic E-state index is 11.2. The maximum absolute atomic E-state index is 11.2. The number of carbonyl (C=O) groups excluding carboxylic acids is 3. The summed E-state index contributed by atoms with van der Waals surface area (Å²) >= 11 is 0. The average molecular weight is 320 g/mol. The van der Waals surface area contributed by atoms with E-state index < -0.39 is 18.3 Å². The number of nitrogens with one attached hydrogen (secondary N) is 2. The molecular weight excluding hydrogens is 296 g/mol. The molecule has 2 N–H and O–H groups in total. The van der Waals surface area contributed by atoms with Gasteiger partial charge in [-0.1, -0.05) is 0 Å². The van der Waals surface area contributed by atoms with E-state index in [9.17, 15) is 14.4 Å². The lowest BCUT2D eigenvalue weighted by Gasteiger charge is -2.10. The van der Waals surface area contributed by atoms with Crippen molar-refractivity contribution in [1.29, 1.82) is 0 Å². The molecule has 0 rings (SSSR count). The van der Waals surface area contributed by atoms with Gasteiger partial charge >= 0.3 is 18.3 Å². The predicted molar refractivity (Wildman–Crippen MR) is 76.5 cm³/mol. The minimum absolute atomic E-state index is 0.0468. The van der Waals surface area contributed by atoms with Crippen molar-refractivity contribution in [2.45, 2.75) is 39.9 Å². The first kappa shape index (κ1) is 19.8.